The van der Waals surface area contributed by atoms with Gasteiger partial charge in [-0.15, -0.1) is 0 Å². The van der Waals surface area contributed by atoms with Crippen LogP contribution in [0.2, 0.25) is 0 Å². The maximum atomic E-state index is 13.3. The molecular weight excluding hydrogens is 492 g/mol. The third-order valence-electron chi connectivity index (χ3n) is 6.99. The number of carbonyl (C=O) groups is 3. The van der Waals surface area contributed by atoms with Gasteiger partial charge in [-0.05, 0) is 43.7 Å². The molecule has 3 amide bonds. The summed E-state index contributed by atoms with van der Waals surface area (Å²) in [4.78, 5) is 39.6. The smallest absolute Gasteiger partial charge is 0.243 e. The molecule has 1 aliphatic heterocycles. The van der Waals surface area contributed by atoms with E-state index in [0.717, 1.165) is 30.6 Å². The molecule has 0 radical (unpaired) electrons. The van der Waals surface area contributed by atoms with Crippen LogP contribution in [0, 0.1) is 12.8 Å². The van der Waals surface area contributed by atoms with Crippen molar-refractivity contribution < 1.29 is 19.1 Å². The molecule has 0 aliphatic carbocycles. The Morgan fingerprint density at radius 3 is 2.31 bits per heavy atom. The van der Waals surface area contributed by atoms with Crippen molar-refractivity contribution in [2.45, 2.75) is 65.5 Å². The summed E-state index contributed by atoms with van der Waals surface area (Å²) >= 11 is 0. The molecule has 214 valence electrons. The van der Waals surface area contributed by atoms with Crippen molar-refractivity contribution in [2.75, 3.05) is 33.3 Å². The first-order valence-corrected chi connectivity index (χ1v) is 14.0. The van der Waals surface area contributed by atoms with Gasteiger partial charge >= 0.3 is 0 Å². The molecule has 2 aromatic rings. The first kappa shape index (κ1) is 31.8. The largest absolute Gasteiger partial charge is 0.492 e. The quantitative estimate of drug-likeness (QED) is 0.556. The molecule has 1 aliphatic rings. The molecule has 3 rings (SSSR count). The molecule has 0 saturated heterocycles. The predicted molar refractivity (Wildman–Crippen MR) is 156 cm³/mol. The molecule has 8 heteroatoms. The minimum atomic E-state index is -0.634. The van der Waals surface area contributed by atoms with Crippen LogP contribution in [0.3, 0.4) is 0 Å². The van der Waals surface area contributed by atoms with Crippen LogP contribution in [0.1, 0.15) is 51.2 Å². The number of carbonyl (C=O) groups excluding carboxylic acids is 3. The minimum Gasteiger partial charge on any atom is -0.492 e. The lowest BCUT2D eigenvalue weighted by atomic mass is 9.97. The van der Waals surface area contributed by atoms with Gasteiger partial charge in [0.25, 0.3) is 0 Å². The van der Waals surface area contributed by atoms with E-state index in [1.54, 1.807) is 7.05 Å². The number of ether oxygens (including phenoxy) is 1. The average molecular weight is 539 g/mol. The summed E-state index contributed by atoms with van der Waals surface area (Å²) in [6.45, 7) is 9.35. The fourth-order valence-corrected chi connectivity index (χ4v) is 4.39. The van der Waals surface area contributed by atoms with Crippen LogP contribution in [-0.4, -0.2) is 68.0 Å². The average Bonchev–Trinajstić information content (AvgIpc) is 2.94. The molecule has 0 bridgehead atoms. The number of nitrogens with one attached hydrogen (secondary N) is 3. The van der Waals surface area contributed by atoms with Gasteiger partial charge in [0, 0.05) is 20.1 Å². The molecule has 2 aromatic carbocycles. The van der Waals surface area contributed by atoms with Crippen molar-refractivity contribution in [3.05, 3.63) is 65.7 Å². The summed E-state index contributed by atoms with van der Waals surface area (Å²) in [6.07, 6.45) is 2.82. The lowest BCUT2D eigenvalue weighted by Gasteiger charge is -2.32. The van der Waals surface area contributed by atoms with E-state index in [2.05, 4.69) is 35.0 Å². The zero-order valence-corrected chi connectivity index (χ0v) is 24.2. The number of para-hydroxylation sites is 1. The molecule has 8 nitrogen and oxygen atoms in total. The van der Waals surface area contributed by atoms with E-state index >= 15 is 0 Å². The van der Waals surface area contributed by atoms with Gasteiger partial charge in [-0.25, -0.2) is 0 Å². The number of hydrogen-bond acceptors (Lipinski definition) is 5. The molecule has 3 N–H and O–H groups in total. The van der Waals surface area contributed by atoms with Gasteiger partial charge in [0.1, 0.15) is 18.4 Å². The SMILES string of the molecule is CCC(C)C1NCCOc2ccccc2CCCNC(=O)CNC(=O)[C@H](CC)N(C)C1=O.Cc1ccccc1. The van der Waals surface area contributed by atoms with Crippen molar-refractivity contribution in [3.63, 3.8) is 0 Å². The Morgan fingerprint density at radius 2 is 1.67 bits per heavy atom. The molecule has 0 fully saturated rings. The van der Waals surface area contributed by atoms with E-state index in [1.165, 1.54) is 10.5 Å². The van der Waals surface area contributed by atoms with Crippen molar-refractivity contribution in [1.82, 2.24) is 20.9 Å². The van der Waals surface area contributed by atoms with Crippen LogP contribution >= 0.6 is 0 Å². The Hall–Kier alpha value is -3.39. The second kappa shape index (κ2) is 17.2. The lowest BCUT2D eigenvalue weighted by Crippen LogP contribution is -2.56. The normalized spacial score (nSPS) is 20.5. The summed E-state index contributed by atoms with van der Waals surface area (Å²) < 4.78 is 6.00. The fraction of sp³-hybridized carbons (Fsp3) is 0.516. The Balaban J connectivity index is 0.000000658. The number of nitrogens with zero attached hydrogens (tertiary/aromatic N) is 1. The molecule has 3 atom stereocenters. The molecule has 0 spiro atoms. The van der Waals surface area contributed by atoms with Crippen LogP contribution in [0.4, 0.5) is 0 Å². The second-order valence-corrected chi connectivity index (χ2v) is 9.97. The maximum absolute atomic E-state index is 13.3. The van der Waals surface area contributed by atoms with Crippen LogP contribution in [0.15, 0.2) is 54.6 Å². The predicted octanol–water partition coefficient (Wildman–Crippen LogP) is 3.48. The first-order chi connectivity index (χ1) is 18.8. The van der Waals surface area contributed by atoms with Crippen molar-refractivity contribution >= 4 is 17.7 Å². The van der Waals surface area contributed by atoms with E-state index in [0.29, 0.717) is 26.1 Å². The van der Waals surface area contributed by atoms with Gasteiger partial charge in [-0.3, -0.25) is 14.4 Å². The Labute approximate surface area is 233 Å². The zero-order chi connectivity index (χ0) is 28.6. The molecule has 39 heavy (non-hydrogen) atoms. The highest BCUT2D eigenvalue weighted by Crippen LogP contribution is 2.19. The van der Waals surface area contributed by atoms with E-state index < -0.39 is 12.1 Å². The third kappa shape index (κ3) is 10.7. The zero-order valence-electron chi connectivity index (χ0n) is 24.2. The molecule has 1 heterocycles. The van der Waals surface area contributed by atoms with Gasteiger partial charge in [-0.1, -0.05) is 81.3 Å². The summed E-state index contributed by atoms with van der Waals surface area (Å²) in [7, 11) is 1.65. The van der Waals surface area contributed by atoms with Crippen LogP contribution in [0.25, 0.3) is 0 Å². The summed E-state index contributed by atoms with van der Waals surface area (Å²) in [5, 5.41) is 8.85. The highest BCUT2D eigenvalue weighted by molar-refractivity contribution is 5.91. The van der Waals surface area contributed by atoms with Gasteiger partial charge in [0.15, 0.2) is 0 Å². The third-order valence-corrected chi connectivity index (χ3v) is 6.99. The summed E-state index contributed by atoms with van der Waals surface area (Å²) in [5.74, 6) is 0.219. The lowest BCUT2D eigenvalue weighted by molar-refractivity contribution is -0.141. The number of benzene rings is 2. The van der Waals surface area contributed by atoms with E-state index in [1.807, 2.05) is 63.2 Å². The molecule has 2 unspecified atom stereocenters. The minimum absolute atomic E-state index is 0.0918. The number of rotatable bonds is 3. The number of likely N-dealkylation sites (N-methyl/N-ethyl adjacent to an activating group) is 1. The fourth-order valence-electron chi connectivity index (χ4n) is 4.39. The van der Waals surface area contributed by atoms with Crippen LogP contribution in [0.5, 0.6) is 5.75 Å². The van der Waals surface area contributed by atoms with Crippen molar-refractivity contribution in [3.8, 4) is 5.75 Å². The standard InChI is InChI=1S/C24H38N4O4.C7H8/c1-5-17(3)22-24(31)28(4)19(6-2)23(30)27-16-21(29)25-13-9-11-18-10-7-8-12-20(18)32-15-14-26-22;1-7-5-3-2-4-6-7/h7-8,10,12,17,19,22,26H,5-6,9,11,13-16H2,1-4H3,(H,25,29)(H,27,30);2-6H,1H3/t17?,19-,22?;/m0./s1. The Kier molecular flexibility index (Phi) is 14.1. The summed E-state index contributed by atoms with van der Waals surface area (Å²) in [5.41, 5.74) is 2.40. The number of fused-ring (bicyclic) bond motifs is 1. The molecule has 0 aromatic heterocycles. The number of amides is 3. The molecule has 0 saturated carbocycles. The van der Waals surface area contributed by atoms with Gasteiger partial charge in [-0.2, -0.15) is 0 Å². The molecular formula is C31H46N4O4. The van der Waals surface area contributed by atoms with Gasteiger partial charge in [0.05, 0.1) is 12.6 Å². The Morgan fingerprint density at radius 1 is 0.974 bits per heavy atom. The van der Waals surface area contributed by atoms with E-state index in [4.69, 9.17) is 4.74 Å². The van der Waals surface area contributed by atoms with E-state index in [9.17, 15) is 14.4 Å². The highest BCUT2D eigenvalue weighted by atomic mass is 16.5. The highest BCUT2D eigenvalue weighted by Gasteiger charge is 2.32. The monoisotopic (exact) mass is 538 g/mol. The van der Waals surface area contributed by atoms with Crippen LogP contribution in [-0.2, 0) is 20.8 Å². The first-order valence-electron chi connectivity index (χ1n) is 14.0. The maximum Gasteiger partial charge on any atom is 0.243 e. The van der Waals surface area contributed by atoms with Crippen molar-refractivity contribution in [1.29, 1.82) is 0 Å². The van der Waals surface area contributed by atoms with Gasteiger partial charge in [0.2, 0.25) is 17.7 Å². The van der Waals surface area contributed by atoms with Crippen molar-refractivity contribution in [2.24, 2.45) is 5.92 Å². The number of hydrogen-bond donors (Lipinski definition) is 3. The van der Waals surface area contributed by atoms with Gasteiger partial charge < -0.3 is 25.6 Å². The van der Waals surface area contributed by atoms with E-state index in [-0.39, 0.29) is 30.2 Å². The Bertz CT molecular complexity index is 1030. The summed E-state index contributed by atoms with van der Waals surface area (Å²) in [6, 6.07) is 17.1. The van der Waals surface area contributed by atoms with Crippen LogP contribution < -0.4 is 20.7 Å². The second-order valence-electron chi connectivity index (χ2n) is 9.97. The number of aryl methyl sites for hydroxylation is 2. The topological polar surface area (TPSA) is 99.8 Å².